The van der Waals surface area contributed by atoms with Gasteiger partial charge in [-0.05, 0) is 23.8 Å². The standard InChI is InChI=1S/C21H21BrN2O5/c1-28-18-8-4-7-15(21(18)29-2)17-12-16(13-5-3-6-14(22)11-13)23-24(17)19(25)9-10-20(26)27/h3-8,11,17H,9-10,12H2,1-2H3,(H,26,27). The van der Waals surface area contributed by atoms with Crippen molar-refractivity contribution in [3.05, 3.63) is 58.1 Å². The summed E-state index contributed by atoms with van der Waals surface area (Å²) in [5.41, 5.74) is 2.38. The monoisotopic (exact) mass is 460 g/mol. The van der Waals surface area contributed by atoms with Crippen LogP contribution in [0.3, 0.4) is 0 Å². The van der Waals surface area contributed by atoms with Crippen molar-refractivity contribution >= 4 is 33.5 Å². The summed E-state index contributed by atoms with van der Waals surface area (Å²) in [5.74, 6) is -0.294. The summed E-state index contributed by atoms with van der Waals surface area (Å²) in [6, 6.07) is 12.7. The Morgan fingerprint density at radius 3 is 2.59 bits per heavy atom. The number of para-hydroxylation sites is 1. The van der Waals surface area contributed by atoms with Gasteiger partial charge in [0.15, 0.2) is 11.5 Å². The molecule has 1 unspecified atom stereocenters. The number of hydrogen-bond acceptors (Lipinski definition) is 5. The molecule has 0 fully saturated rings. The van der Waals surface area contributed by atoms with Crippen LogP contribution in [0.25, 0.3) is 0 Å². The van der Waals surface area contributed by atoms with Crippen molar-refractivity contribution in [2.45, 2.75) is 25.3 Å². The molecule has 1 atom stereocenters. The third kappa shape index (κ3) is 4.59. The number of ether oxygens (including phenoxy) is 2. The van der Waals surface area contributed by atoms with Gasteiger partial charge in [-0.25, -0.2) is 5.01 Å². The van der Waals surface area contributed by atoms with Gasteiger partial charge in [-0.1, -0.05) is 40.2 Å². The number of aliphatic carboxylic acids is 1. The molecule has 8 heteroatoms. The average Bonchev–Trinajstić information content (AvgIpc) is 3.16. The molecule has 1 amide bonds. The minimum absolute atomic E-state index is 0.132. The van der Waals surface area contributed by atoms with Crippen LogP contribution in [0.4, 0.5) is 0 Å². The Hall–Kier alpha value is -2.87. The molecule has 2 aromatic carbocycles. The maximum atomic E-state index is 12.8. The van der Waals surface area contributed by atoms with E-state index < -0.39 is 12.0 Å². The van der Waals surface area contributed by atoms with Crippen LogP contribution in [0.2, 0.25) is 0 Å². The van der Waals surface area contributed by atoms with E-state index in [2.05, 4.69) is 21.0 Å². The number of amides is 1. The summed E-state index contributed by atoms with van der Waals surface area (Å²) in [4.78, 5) is 23.7. The Kier molecular flexibility index (Phi) is 6.53. The highest BCUT2D eigenvalue weighted by Crippen LogP contribution is 2.42. The first-order valence-corrected chi connectivity index (χ1v) is 9.82. The molecule has 0 saturated heterocycles. The van der Waals surface area contributed by atoms with Gasteiger partial charge < -0.3 is 14.6 Å². The lowest BCUT2D eigenvalue weighted by atomic mass is 9.97. The number of carbonyl (C=O) groups is 2. The molecule has 3 rings (SSSR count). The van der Waals surface area contributed by atoms with Crippen LogP contribution in [0.1, 0.15) is 36.4 Å². The number of methoxy groups -OCH3 is 2. The van der Waals surface area contributed by atoms with Gasteiger partial charge in [0.05, 0.1) is 32.4 Å². The first-order chi connectivity index (χ1) is 13.9. The van der Waals surface area contributed by atoms with Gasteiger partial charge in [-0.15, -0.1) is 0 Å². The molecule has 0 saturated carbocycles. The third-order valence-electron chi connectivity index (χ3n) is 4.67. The van der Waals surface area contributed by atoms with Crippen LogP contribution in [-0.4, -0.2) is 41.9 Å². The highest BCUT2D eigenvalue weighted by molar-refractivity contribution is 9.10. The number of hydrogen-bond donors (Lipinski definition) is 1. The molecule has 1 aliphatic rings. The topological polar surface area (TPSA) is 88.4 Å². The van der Waals surface area contributed by atoms with Gasteiger partial charge in [-0.3, -0.25) is 9.59 Å². The van der Waals surface area contributed by atoms with E-state index in [1.165, 1.54) is 5.01 Å². The molecule has 1 aliphatic heterocycles. The molecule has 0 spiro atoms. The predicted molar refractivity (Wildman–Crippen MR) is 111 cm³/mol. The number of rotatable bonds is 7. The van der Waals surface area contributed by atoms with Crippen molar-refractivity contribution in [3.63, 3.8) is 0 Å². The number of carbonyl (C=O) groups excluding carboxylic acids is 1. The van der Waals surface area contributed by atoms with Crippen LogP contribution in [0, 0.1) is 0 Å². The summed E-state index contributed by atoms with van der Waals surface area (Å²) in [6.45, 7) is 0. The third-order valence-corrected chi connectivity index (χ3v) is 5.16. The van der Waals surface area contributed by atoms with Crippen molar-refractivity contribution < 1.29 is 24.2 Å². The molecule has 29 heavy (non-hydrogen) atoms. The summed E-state index contributed by atoms with van der Waals surface area (Å²) in [6.07, 6.45) is 0.0885. The van der Waals surface area contributed by atoms with Gasteiger partial charge in [0, 0.05) is 22.9 Å². The Labute approximate surface area is 177 Å². The molecule has 0 aromatic heterocycles. The summed E-state index contributed by atoms with van der Waals surface area (Å²) >= 11 is 3.46. The number of nitrogens with zero attached hydrogens (tertiary/aromatic N) is 2. The smallest absolute Gasteiger partial charge is 0.303 e. The number of carboxylic acid groups (broad SMARTS) is 1. The largest absolute Gasteiger partial charge is 0.493 e. The van der Waals surface area contributed by atoms with Gasteiger partial charge in [0.1, 0.15) is 0 Å². The van der Waals surface area contributed by atoms with E-state index in [-0.39, 0.29) is 18.7 Å². The number of halogens is 1. The zero-order chi connectivity index (χ0) is 21.0. The fraction of sp³-hybridized carbons (Fsp3) is 0.286. The molecule has 0 radical (unpaired) electrons. The predicted octanol–water partition coefficient (Wildman–Crippen LogP) is 4.01. The maximum absolute atomic E-state index is 12.8. The minimum Gasteiger partial charge on any atom is -0.493 e. The van der Waals surface area contributed by atoms with E-state index in [0.29, 0.717) is 17.9 Å². The molecule has 1 heterocycles. The van der Waals surface area contributed by atoms with Crippen molar-refractivity contribution in [1.82, 2.24) is 5.01 Å². The maximum Gasteiger partial charge on any atom is 0.303 e. The molecule has 2 aromatic rings. The molecule has 0 bridgehead atoms. The minimum atomic E-state index is -1.02. The average molecular weight is 461 g/mol. The Morgan fingerprint density at radius 2 is 1.93 bits per heavy atom. The first-order valence-electron chi connectivity index (χ1n) is 9.02. The van der Waals surface area contributed by atoms with Gasteiger partial charge in [0.25, 0.3) is 0 Å². The molecule has 1 N–H and O–H groups in total. The Morgan fingerprint density at radius 1 is 1.17 bits per heavy atom. The second kappa shape index (κ2) is 9.09. The molecular formula is C21H21BrN2O5. The van der Waals surface area contributed by atoms with Gasteiger partial charge in [0.2, 0.25) is 5.91 Å². The number of benzene rings is 2. The fourth-order valence-corrected chi connectivity index (χ4v) is 3.73. The number of carboxylic acids is 1. The van der Waals surface area contributed by atoms with E-state index >= 15 is 0 Å². The lowest BCUT2D eigenvalue weighted by molar-refractivity contribution is -0.141. The van der Waals surface area contributed by atoms with E-state index in [1.54, 1.807) is 20.3 Å². The Balaban J connectivity index is 2.01. The quantitative estimate of drug-likeness (QED) is 0.673. The van der Waals surface area contributed by atoms with E-state index in [0.717, 1.165) is 21.3 Å². The van der Waals surface area contributed by atoms with Crippen molar-refractivity contribution in [3.8, 4) is 11.5 Å². The summed E-state index contributed by atoms with van der Waals surface area (Å²) in [7, 11) is 3.10. The van der Waals surface area contributed by atoms with E-state index in [9.17, 15) is 9.59 Å². The van der Waals surface area contributed by atoms with Crippen molar-refractivity contribution in [2.75, 3.05) is 14.2 Å². The SMILES string of the molecule is COc1cccc(C2CC(c3cccc(Br)c3)=NN2C(=O)CCC(=O)O)c1OC. The lowest BCUT2D eigenvalue weighted by Gasteiger charge is -2.24. The summed E-state index contributed by atoms with van der Waals surface area (Å²) in [5, 5.41) is 14.9. The highest BCUT2D eigenvalue weighted by Gasteiger charge is 2.35. The fourth-order valence-electron chi connectivity index (χ4n) is 3.33. The van der Waals surface area contributed by atoms with Crippen LogP contribution in [-0.2, 0) is 9.59 Å². The van der Waals surface area contributed by atoms with Crippen LogP contribution in [0.15, 0.2) is 52.0 Å². The molecule has 0 aliphatic carbocycles. The van der Waals surface area contributed by atoms with E-state index in [4.69, 9.17) is 14.6 Å². The molecule has 7 nitrogen and oxygen atoms in total. The summed E-state index contributed by atoms with van der Waals surface area (Å²) < 4.78 is 11.8. The zero-order valence-corrected chi connectivity index (χ0v) is 17.7. The van der Waals surface area contributed by atoms with Crippen molar-refractivity contribution in [2.24, 2.45) is 5.10 Å². The normalized spacial score (nSPS) is 15.8. The zero-order valence-electron chi connectivity index (χ0n) is 16.1. The van der Waals surface area contributed by atoms with Crippen LogP contribution >= 0.6 is 15.9 Å². The van der Waals surface area contributed by atoms with E-state index in [1.807, 2.05) is 36.4 Å². The second-order valence-electron chi connectivity index (χ2n) is 6.49. The van der Waals surface area contributed by atoms with Gasteiger partial charge in [-0.2, -0.15) is 5.10 Å². The van der Waals surface area contributed by atoms with Crippen LogP contribution < -0.4 is 9.47 Å². The lowest BCUT2D eigenvalue weighted by Crippen LogP contribution is -2.27. The van der Waals surface area contributed by atoms with Crippen LogP contribution in [0.5, 0.6) is 11.5 Å². The highest BCUT2D eigenvalue weighted by atomic mass is 79.9. The second-order valence-corrected chi connectivity index (χ2v) is 7.41. The number of hydrazone groups is 1. The molecular weight excluding hydrogens is 440 g/mol. The Bertz CT molecular complexity index is 960. The first kappa shape index (κ1) is 20.9. The van der Waals surface area contributed by atoms with Gasteiger partial charge >= 0.3 is 5.97 Å². The molecule has 152 valence electrons. The van der Waals surface area contributed by atoms with Crippen molar-refractivity contribution in [1.29, 1.82) is 0 Å².